The zero-order valence-electron chi connectivity index (χ0n) is 11.5. The van der Waals surface area contributed by atoms with Crippen molar-refractivity contribution < 1.29 is 22.8 Å². The molecule has 0 unspecified atom stereocenters. The van der Waals surface area contributed by atoms with Gasteiger partial charge in [0.1, 0.15) is 11.5 Å². The van der Waals surface area contributed by atoms with E-state index in [1.807, 2.05) is 18.2 Å². The summed E-state index contributed by atoms with van der Waals surface area (Å²) in [6.07, 6.45) is 0. The van der Waals surface area contributed by atoms with Gasteiger partial charge in [-0.3, -0.25) is 0 Å². The predicted molar refractivity (Wildman–Crippen MR) is 70.0 cm³/mol. The molecule has 102 valence electrons. The smallest absolute Gasteiger partial charge is 0.497 e. The van der Waals surface area contributed by atoms with Gasteiger partial charge < -0.3 is 22.8 Å². The Morgan fingerprint density at radius 2 is 1.50 bits per heavy atom. The fourth-order valence-corrected chi connectivity index (χ4v) is 3.39. The van der Waals surface area contributed by atoms with Crippen molar-refractivity contribution in [3.05, 3.63) is 23.8 Å². The molecule has 0 atom stereocenters. The lowest BCUT2D eigenvalue weighted by Crippen LogP contribution is -2.45. The van der Waals surface area contributed by atoms with E-state index >= 15 is 0 Å². The third-order valence-electron chi connectivity index (χ3n) is 2.83. The Kier molecular flexibility index (Phi) is 5.61. The van der Waals surface area contributed by atoms with Gasteiger partial charge in [0.05, 0.1) is 14.2 Å². The maximum absolute atomic E-state index is 5.40. The van der Waals surface area contributed by atoms with Gasteiger partial charge in [0.15, 0.2) is 0 Å². The molecule has 0 bridgehead atoms. The van der Waals surface area contributed by atoms with E-state index in [0.29, 0.717) is 6.04 Å². The van der Waals surface area contributed by atoms with E-state index in [4.69, 9.17) is 22.8 Å². The first-order valence-corrected chi connectivity index (χ1v) is 7.44. The molecule has 0 aliphatic carbocycles. The lowest BCUT2D eigenvalue weighted by molar-refractivity contribution is 0.122. The van der Waals surface area contributed by atoms with Crippen LogP contribution in [0.4, 0.5) is 0 Å². The largest absolute Gasteiger partial charge is 0.504 e. The summed E-state index contributed by atoms with van der Waals surface area (Å²) >= 11 is 0. The summed E-state index contributed by atoms with van der Waals surface area (Å²) < 4.78 is 26.7. The van der Waals surface area contributed by atoms with E-state index in [9.17, 15) is 0 Å². The first-order chi connectivity index (χ1) is 8.64. The SMILES string of the molecule is COc1ccc(C[Si](OC)(OC)OC)c(OC)c1. The monoisotopic (exact) mass is 272 g/mol. The summed E-state index contributed by atoms with van der Waals surface area (Å²) in [6.45, 7) is 0. The number of hydrogen-bond donors (Lipinski definition) is 0. The third-order valence-corrected chi connectivity index (χ3v) is 5.51. The molecule has 0 amide bonds. The molecule has 0 N–H and O–H groups in total. The Morgan fingerprint density at radius 3 is 1.94 bits per heavy atom. The van der Waals surface area contributed by atoms with Crippen molar-refractivity contribution in [3.63, 3.8) is 0 Å². The quantitative estimate of drug-likeness (QED) is 0.707. The van der Waals surface area contributed by atoms with E-state index in [-0.39, 0.29) is 0 Å². The van der Waals surface area contributed by atoms with Gasteiger partial charge in [0.2, 0.25) is 0 Å². The van der Waals surface area contributed by atoms with Gasteiger partial charge in [0, 0.05) is 33.4 Å². The molecule has 1 aromatic carbocycles. The van der Waals surface area contributed by atoms with Crippen LogP contribution in [0.1, 0.15) is 5.56 Å². The van der Waals surface area contributed by atoms with Crippen LogP contribution in [0, 0.1) is 0 Å². The molecule has 0 saturated carbocycles. The van der Waals surface area contributed by atoms with Crippen molar-refractivity contribution in [3.8, 4) is 11.5 Å². The van der Waals surface area contributed by atoms with Crippen molar-refractivity contribution in [2.75, 3.05) is 35.5 Å². The van der Waals surface area contributed by atoms with Crippen LogP contribution in [0.3, 0.4) is 0 Å². The molecule has 0 aromatic heterocycles. The summed E-state index contributed by atoms with van der Waals surface area (Å²) in [5.41, 5.74) is 0.968. The summed E-state index contributed by atoms with van der Waals surface area (Å²) in [4.78, 5) is 0. The second-order valence-electron chi connectivity index (χ2n) is 3.65. The van der Waals surface area contributed by atoms with Crippen LogP contribution < -0.4 is 9.47 Å². The fraction of sp³-hybridized carbons (Fsp3) is 0.500. The van der Waals surface area contributed by atoms with E-state index in [1.165, 1.54) is 0 Å². The van der Waals surface area contributed by atoms with Gasteiger partial charge in [-0.05, 0) is 11.6 Å². The Bertz CT molecular complexity index is 370. The minimum absolute atomic E-state index is 0.545. The van der Waals surface area contributed by atoms with Gasteiger partial charge >= 0.3 is 8.80 Å². The van der Waals surface area contributed by atoms with Gasteiger partial charge in [-0.25, -0.2) is 0 Å². The zero-order valence-corrected chi connectivity index (χ0v) is 12.5. The molecule has 0 heterocycles. The second-order valence-corrected chi connectivity index (χ2v) is 6.59. The number of ether oxygens (including phenoxy) is 2. The van der Waals surface area contributed by atoms with Gasteiger partial charge in [-0.1, -0.05) is 6.07 Å². The molecule has 0 aliphatic heterocycles. The molecule has 0 radical (unpaired) electrons. The highest BCUT2D eigenvalue weighted by atomic mass is 28.4. The lowest BCUT2D eigenvalue weighted by atomic mass is 10.2. The average molecular weight is 272 g/mol. The first-order valence-electron chi connectivity index (χ1n) is 5.51. The van der Waals surface area contributed by atoms with Crippen molar-refractivity contribution in [2.45, 2.75) is 6.04 Å². The van der Waals surface area contributed by atoms with E-state index in [0.717, 1.165) is 17.1 Å². The summed E-state index contributed by atoms with van der Waals surface area (Å²) in [6, 6.07) is 6.17. The number of benzene rings is 1. The third kappa shape index (κ3) is 3.23. The molecular formula is C12H20O5Si. The highest BCUT2D eigenvalue weighted by Crippen LogP contribution is 2.27. The van der Waals surface area contributed by atoms with Crippen LogP contribution >= 0.6 is 0 Å². The van der Waals surface area contributed by atoms with E-state index in [2.05, 4.69) is 0 Å². The molecule has 1 aromatic rings. The normalized spacial score (nSPS) is 11.4. The van der Waals surface area contributed by atoms with E-state index < -0.39 is 8.80 Å². The maximum Gasteiger partial charge on any atom is 0.504 e. The maximum atomic E-state index is 5.40. The van der Waals surface area contributed by atoms with Gasteiger partial charge in [0.25, 0.3) is 0 Å². The summed E-state index contributed by atoms with van der Waals surface area (Å²) in [5.74, 6) is 1.48. The standard InChI is InChI=1S/C12H20O5Si/c1-13-11-7-6-10(12(8-11)14-2)9-18(15-3,16-4)17-5/h6-8H,9H2,1-5H3. The van der Waals surface area contributed by atoms with E-state index in [1.54, 1.807) is 35.5 Å². The summed E-state index contributed by atoms with van der Waals surface area (Å²) in [5, 5.41) is 0. The molecule has 0 spiro atoms. The molecule has 0 fully saturated rings. The van der Waals surface area contributed by atoms with Gasteiger partial charge in [-0.15, -0.1) is 0 Å². The Balaban J connectivity index is 3.02. The predicted octanol–water partition coefficient (Wildman–Crippen LogP) is 1.66. The van der Waals surface area contributed by atoms with Crippen molar-refractivity contribution in [1.29, 1.82) is 0 Å². The Labute approximate surface area is 109 Å². The fourth-order valence-electron chi connectivity index (χ4n) is 1.70. The second kappa shape index (κ2) is 6.74. The number of rotatable bonds is 7. The van der Waals surface area contributed by atoms with Crippen LogP contribution in [-0.2, 0) is 19.3 Å². The molecular weight excluding hydrogens is 252 g/mol. The topological polar surface area (TPSA) is 46.2 Å². The molecule has 0 saturated heterocycles. The number of methoxy groups -OCH3 is 2. The average Bonchev–Trinajstić information content (AvgIpc) is 2.45. The molecule has 6 heteroatoms. The van der Waals surface area contributed by atoms with Gasteiger partial charge in [-0.2, -0.15) is 0 Å². The lowest BCUT2D eigenvalue weighted by Gasteiger charge is -2.25. The Morgan fingerprint density at radius 1 is 0.889 bits per heavy atom. The summed E-state index contributed by atoms with van der Waals surface area (Å²) in [7, 11) is 5.36. The molecule has 0 aliphatic rings. The molecule has 5 nitrogen and oxygen atoms in total. The van der Waals surface area contributed by atoms with Crippen molar-refractivity contribution >= 4 is 8.80 Å². The van der Waals surface area contributed by atoms with Crippen LogP contribution in [0.25, 0.3) is 0 Å². The highest BCUT2D eigenvalue weighted by Gasteiger charge is 2.39. The van der Waals surface area contributed by atoms with Crippen LogP contribution in [0.15, 0.2) is 18.2 Å². The van der Waals surface area contributed by atoms with Crippen LogP contribution in [0.5, 0.6) is 11.5 Å². The van der Waals surface area contributed by atoms with Crippen molar-refractivity contribution in [1.82, 2.24) is 0 Å². The highest BCUT2D eigenvalue weighted by molar-refractivity contribution is 6.60. The zero-order chi connectivity index (χ0) is 13.6. The molecule has 18 heavy (non-hydrogen) atoms. The van der Waals surface area contributed by atoms with Crippen LogP contribution in [0.2, 0.25) is 0 Å². The van der Waals surface area contributed by atoms with Crippen molar-refractivity contribution in [2.24, 2.45) is 0 Å². The first kappa shape index (κ1) is 15.0. The van der Waals surface area contributed by atoms with Crippen LogP contribution in [-0.4, -0.2) is 44.4 Å². The number of hydrogen-bond acceptors (Lipinski definition) is 5. The molecule has 1 rings (SSSR count). The minimum atomic E-state index is -2.65. The Hall–Kier alpha value is -1.08. The minimum Gasteiger partial charge on any atom is -0.497 e.